The second kappa shape index (κ2) is 3.47. The number of hydrogen-bond donors (Lipinski definition) is 2. The Balaban J connectivity index is 2.08. The van der Waals surface area contributed by atoms with Crippen LogP contribution in [0.25, 0.3) is 33.2 Å². The van der Waals surface area contributed by atoms with Gasteiger partial charge in [-0.15, -0.1) is 0 Å². The van der Waals surface area contributed by atoms with E-state index in [9.17, 15) is 0 Å². The van der Waals surface area contributed by atoms with Crippen molar-refractivity contribution in [1.29, 1.82) is 0 Å². The van der Waals surface area contributed by atoms with E-state index in [0.717, 1.165) is 22.4 Å². The standard InChI is InChI=1S/C15H11N3/c1-2-13(16-8-1)14-6-4-10-3-5-12-11(7-9-17-12)15(10)18-14/h1-9,16,18H. The average molecular weight is 233 g/mol. The van der Waals surface area contributed by atoms with Gasteiger partial charge < -0.3 is 9.97 Å². The lowest BCUT2D eigenvalue weighted by Gasteiger charge is -2.04. The molecule has 0 saturated carbocycles. The van der Waals surface area contributed by atoms with Gasteiger partial charge in [0.25, 0.3) is 0 Å². The number of nitrogens with zero attached hydrogens (tertiary/aromatic N) is 1. The number of nitrogens with one attached hydrogen (secondary N) is 2. The summed E-state index contributed by atoms with van der Waals surface area (Å²) >= 11 is 0. The Kier molecular flexibility index (Phi) is 1.83. The Morgan fingerprint density at radius 3 is 2.72 bits per heavy atom. The highest BCUT2D eigenvalue weighted by Crippen LogP contribution is 2.25. The number of aromatic amines is 2. The first kappa shape index (κ1) is 9.48. The van der Waals surface area contributed by atoms with Gasteiger partial charge in [-0.05, 0) is 35.7 Å². The van der Waals surface area contributed by atoms with Crippen molar-refractivity contribution >= 4 is 21.8 Å². The SMILES string of the molecule is c1c[nH]c(-c2ccc3ccc4nccc4c3[nH]2)c1. The molecule has 0 radical (unpaired) electrons. The lowest BCUT2D eigenvalue weighted by Crippen LogP contribution is -1.85. The molecule has 0 saturated heterocycles. The zero-order valence-corrected chi connectivity index (χ0v) is 9.64. The van der Waals surface area contributed by atoms with Crippen molar-refractivity contribution in [3.8, 4) is 11.4 Å². The number of pyridine rings is 1. The van der Waals surface area contributed by atoms with Gasteiger partial charge in [0.1, 0.15) is 0 Å². The molecule has 3 nitrogen and oxygen atoms in total. The van der Waals surface area contributed by atoms with Crippen molar-refractivity contribution in [2.75, 3.05) is 0 Å². The fourth-order valence-corrected chi connectivity index (χ4v) is 2.38. The molecule has 86 valence electrons. The van der Waals surface area contributed by atoms with Crippen LogP contribution in [0.2, 0.25) is 0 Å². The van der Waals surface area contributed by atoms with Crippen molar-refractivity contribution < 1.29 is 0 Å². The van der Waals surface area contributed by atoms with Crippen LogP contribution in [0.4, 0.5) is 0 Å². The van der Waals surface area contributed by atoms with E-state index in [1.54, 1.807) is 0 Å². The number of fused-ring (bicyclic) bond motifs is 3. The number of hydrogen-bond acceptors (Lipinski definition) is 1. The van der Waals surface area contributed by atoms with Crippen molar-refractivity contribution in [1.82, 2.24) is 15.0 Å². The normalized spacial score (nSPS) is 11.3. The third-order valence-corrected chi connectivity index (χ3v) is 3.29. The summed E-state index contributed by atoms with van der Waals surface area (Å²) in [7, 11) is 0. The smallest absolute Gasteiger partial charge is 0.0723 e. The minimum Gasteiger partial charge on any atom is -0.360 e. The van der Waals surface area contributed by atoms with Crippen LogP contribution in [0, 0.1) is 0 Å². The first-order valence-electron chi connectivity index (χ1n) is 5.92. The second-order valence-corrected chi connectivity index (χ2v) is 4.36. The number of H-pyrrole nitrogens is 2. The predicted octanol–water partition coefficient (Wildman–Crippen LogP) is 3.71. The van der Waals surface area contributed by atoms with E-state index in [4.69, 9.17) is 0 Å². The zero-order valence-electron chi connectivity index (χ0n) is 9.64. The summed E-state index contributed by atoms with van der Waals surface area (Å²) in [6.45, 7) is 0. The molecule has 3 heteroatoms. The van der Waals surface area contributed by atoms with Crippen LogP contribution in [-0.2, 0) is 0 Å². The molecule has 0 aliphatic heterocycles. The quantitative estimate of drug-likeness (QED) is 0.517. The lowest BCUT2D eigenvalue weighted by atomic mass is 10.1. The maximum Gasteiger partial charge on any atom is 0.0723 e. The highest BCUT2D eigenvalue weighted by atomic mass is 14.8. The van der Waals surface area contributed by atoms with Gasteiger partial charge in [0.15, 0.2) is 0 Å². The summed E-state index contributed by atoms with van der Waals surface area (Å²) in [5, 5.41) is 2.37. The van der Waals surface area contributed by atoms with E-state index in [1.165, 1.54) is 10.8 Å². The molecule has 18 heavy (non-hydrogen) atoms. The van der Waals surface area contributed by atoms with Gasteiger partial charge in [0.05, 0.1) is 22.4 Å². The van der Waals surface area contributed by atoms with Crippen molar-refractivity contribution in [2.24, 2.45) is 0 Å². The number of benzene rings is 1. The Morgan fingerprint density at radius 2 is 1.83 bits per heavy atom. The monoisotopic (exact) mass is 233 g/mol. The minimum absolute atomic E-state index is 1.03. The molecular formula is C15H11N3. The molecule has 4 aromatic rings. The van der Waals surface area contributed by atoms with Gasteiger partial charge in [-0.1, -0.05) is 12.1 Å². The summed E-state index contributed by atoms with van der Waals surface area (Å²) in [4.78, 5) is 11.0. The first-order chi connectivity index (χ1) is 8.92. The maximum absolute atomic E-state index is 4.33. The molecule has 3 aromatic heterocycles. The molecular weight excluding hydrogens is 222 g/mol. The molecule has 0 bridgehead atoms. The Morgan fingerprint density at radius 1 is 0.889 bits per heavy atom. The fraction of sp³-hybridized carbons (Fsp3) is 0. The topological polar surface area (TPSA) is 44.5 Å². The maximum atomic E-state index is 4.33. The molecule has 2 N–H and O–H groups in total. The van der Waals surface area contributed by atoms with Crippen LogP contribution >= 0.6 is 0 Å². The van der Waals surface area contributed by atoms with Crippen LogP contribution in [0.15, 0.2) is 54.9 Å². The summed E-state index contributed by atoms with van der Waals surface area (Å²) in [5.74, 6) is 0. The Labute approximate surface area is 103 Å². The van der Waals surface area contributed by atoms with Crippen molar-refractivity contribution in [2.45, 2.75) is 0 Å². The molecule has 0 aliphatic carbocycles. The third-order valence-electron chi connectivity index (χ3n) is 3.29. The summed E-state index contributed by atoms with van der Waals surface area (Å²) in [6, 6.07) is 14.5. The molecule has 0 amide bonds. The lowest BCUT2D eigenvalue weighted by molar-refractivity contribution is 1.33. The molecule has 0 fully saturated rings. The Hall–Kier alpha value is -2.55. The number of aromatic nitrogens is 3. The van der Waals surface area contributed by atoms with Gasteiger partial charge in [-0.2, -0.15) is 0 Å². The molecule has 1 aromatic carbocycles. The molecule has 0 spiro atoms. The highest BCUT2D eigenvalue weighted by Gasteiger charge is 2.04. The van der Waals surface area contributed by atoms with Crippen LogP contribution in [-0.4, -0.2) is 15.0 Å². The molecule has 3 heterocycles. The van der Waals surface area contributed by atoms with Crippen LogP contribution in [0.5, 0.6) is 0 Å². The summed E-state index contributed by atoms with van der Waals surface area (Å²) < 4.78 is 0. The minimum atomic E-state index is 1.03. The van der Waals surface area contributed by atoms with E-state index in [1.807, 2.05) is 24.5 Å². The first-order valence-corrected chi connectivity index (χ1v) is 5.92. The summed E-state index contributed by atoms with van der Waals surface area (Å²) in [5.41, 5.74) is 4.34. The molecule has 0 atom stereocenters. The van der Waals surface area contributed by atoms with Crippen molar-refractivity contribution in [3.05, 3.63) is 54.9 Å². The molecule has 0 unspecified atom stereocenters. The second-order valence-electron chi connectivity index (χ2n) is 4.36. The Bertz CT molecular complexity index is 825. The van der Waals surface area contributed by atoms with E-state index < -0.39 is 0 Å². The largest absolute Gasteiger partial charge is 0.360 e. The van der Waals surface area contributed by atoms with E-state index in [2.05, 4.69) is 45.3 Å². The third kappa shape index (κ3) is 1.27. The van der Waals surface area contributed by atoms with Gasteiger partial charge >= 0.3 is 0 Å². The van der Waals surface area contributed by atoms with Crippen LogP contribution < -0.4 is 0 Å². The van der Waals surface area contributed by atoms with Crippen LogP contribution in [0.3, 0.4) is 0 Å². The van der Waals surface area contributed by atoms with Gasteiger partial charge in [0, 0.05) is 17.8 Å². The van der Waals surface area contributed by atoms with E-state index in [-0.39, 0.29) is 0 Å². The summed E-state index contributed by atoms with van der Waals surface area (Å²) in [6.07, 6.45) is 3.78. The number of rotatable bonds is 1. The zero-order chi connectivity index (χ0) is 11.9. The fourth-order valence-electron chi connectivity index (χ4n) is 2.38. The molecule has 0 aliphatic rings. The van der Waals surface area contributed by atoms with Gasteiger partial charge in [-0.3, -0.25) is 4.98 Å². The van der Waals surface area contributed by atoms with Gasteiger partial charge in [-0.25, -0.2) is 0 Å². The van der Waals surface area contributed by atoms with Crippen molar-refractivity contribution in [3.63, 3.8) is 0 Å². The van der Waals surface area contributed by atoms with Gasteiger partial charge in [0.2, 0.25) is 0 Å². The van der Waals surface area contributed by atoms with Crippen LogP contribution in [0.1, 0.15) is 0 Å². The highest BCUT2D eigenvalue weighted by molar-refractivity contribution is 6.04. The predicted molar refractivity (Wildman–Crippen MR) is 73.4 cm³/mol. The van der Waals surface area contributed by atoms with E-state index >= 15 is 0 Å². The average Bonchev–Trinajstić information content (AvgIpc) is 3.09. The molecule has 4 rings (SSSR count). The van der Waals surface area contributed by atoms with E-state index in [0.29, 0.717) is 0 Å².